The van der Waals surface area contributed by atoms with E-state index in [0.717, 1.165) is 42.2 Å². The number of imidazole rings is 1. The summed E-state index contributed by atoms with van der Waals surface area (Å²) in [6.45, 7) is 19.3. The van der Waals surface area contributed by atoms with Gasteiger partial charge in [-0.05, 0) is 81.5 Å². The number of ether oxygens (including phenoxy) is 1. The average Bonchev–Trinajstić information content (AvgIpc) is 3.26. The first-order valence-corrected chi connectivity index (χ1v) is 14.4. The SMILES string of the molecule is CC.CCC=NC1=C(C)C(Cn2ccnc2C)=Cc2cc(Cl)ccc2C1N1CCN(C(=O)OC(C)(C)C)CC1. The van der Waals surface area contributed by atoms with Crippen LogP contribution >= 0.6 is 11.6 Å². The van der Waals surface area contributed by atoms with E-state index in [0.29, 0.717) is 24.7 Å². The van der Waals surface area contributed by atoms with Crippen LogP contribution in [0.4, 0.5) is 4.79 Å². The maximum Gasteiger partial charge on any atom is 0.410 e. The lowest BCUT2D eigenvalue weighted by molar-refractivity contribution is 0.0117. The number of aliphatic imine (C=N–C) groups is 1. The molecule has 1 aromatic carbocycles. The summed E-state index contributed by atoms with van der Waals surface area (Å²) in [5.74, 6) is 0.970. The Labute approximate surface area is 239 Å². The summed E-state index contributed by atoms with van der Waals surface area (Å²) in [6.07, 6.45) is 8.67. The zero-order valence-electron chi connectivity index (χ0n) is 24.8. The second-order valence-electron chi connectivity index (χ2n) is 10.7. The van der Waals surface area contributed by atoms with Gasteiger partial charge >= 0.3 is 6.09 Å². The summed E-state index contributed by atoms with van der Waals surface area (Å²) in [5.41, 5.74) is 5.15. The van der Waals surface area contributed by atoms with E-state index in [9.17, 15) is 4.79 Å². The van der Waals surface area contributed by atoms with E-state index >= 15 is 0 Å². The summed E-state index contributed by atoms with van der Waals surface area (Å²) >= 11 is 6.48. The topological polar surface area (TPSA) is 63.0 Å². The van der Waals surface area contributed by atoms with E-state index in [1.54, 1.807) is 4.90 Å². The Morgan fingerprint density at radius 1 is 1.18 bits per heavy atom. The van der Waals surface area contributed by atoms with Crippen molar-refractivity contribution in [3.05, 3.63) is 69.4 Å². The van der Waals surface area contributed by atoms with Crippen LogP contribution in [0.5, 0.6) is 0 Å². The Bertz CT molecular complexity index is 1230. The first kappa shape index (κ1) is 30.6. The van der Waals surface area contributed by atoms with E-state index in [-0.39, 0.29) is 12.1 Å². The van der Waals surface area contributed by atoms with Crippen molar-refractivity contribution in [1.82, 2.24) is 19.4 Å². The molecule has 0 N–H and O–H groups in total. The highest BCUT2D eigenvalue weighted by molar-refractivity contribution is 6.30. The van der Waals surface area contributed by atoms with Crippen LogP contribution in [0.3, 0.4) is 0 Å². The zero-order valence-corrected chi connectivity index (χ0v) is 25.5. The molecule has 0 spiro atoms. The van der Waals surface area contributed by atoms with E-state index < -0.39 is 5.60 Å². The van der Waals surface area contributed by atoms with Crippen LogP contribution in [-0.2, 0) is 11.3 Å². The van der Waals surface area contributed by atoms with Gasteiger partial charge in [-0.25, -0.2) is 9.78 Å². The van der Waals surface area contributed by atoms with Crippen molar-refractivity contribution < 1.29 is 9.53 Å². The normalized spacial score (nSPS) is 18.3. The predicted molar refractivity (Wildman–Crippen MR) is 161 cm³/mol. The number of fused-ring (bicyclic) bond motifs is 1. The molecule has 39 heavy (non-hydrogen) atoms. The summed E-state index contributed by atoms with van der Waals surface area (Å²) < 4.78 is 7.77. The fourth-order valence-corrected chi connectivity index (χ4v) is 5.05. The van der Waals surface area contributed by atoms with Crippen LogP contribution < -0.4 is 0 Å². The van der Waals surface area contributed by atoms with Crippen molar-refractivity contribution in [2.45, 2.75) is 80.0 Å². The fraction of sp³-hybridized carbons (Fsp3) is 0.516. The molecule has 2 aromatic rings. The molecule has 1 aliphatic carbocycles. The Morgan fingerprint density at radius 3 is 2.46 bits per heavy atom. The van der Waals surface area contributed by atoms with Crippen molar-refractivity contribution in [3.63, 3.8) is 0 Å². The number of nitrogens with zero attached hydrogens (tertiary/aromatic N) is 5. The lowest BCUT2D eigenvalue weighted by Crippen LogP contribution is -2.51. The maximum atomic E-state index is 12.7. The highest BCUT2D eigenvalue weighted by Crippen LogP contribution is 2.41. The smallest absolute Gasteiger partial charge is 0.410 e. The molecule has 0 saturated carbocycles. The summed E-state index contributed by atoms with van der Waals surface area (Å²) in [4.78, 5) is 26.4. The molecule has 8 heteroatoms. The molecule has 0 bridgehead atoms. The number of aryl methyl sites for hydroxylation is 1. The first-order valence-electron chi connectivity index (χ1n) is 14.0. The number of carbonyl (C=O) groups is 1. The number of benzene rings is 1. The van der Waals surface area contributed by atoms with Crippen molar-refractivity contribution >= 4 is 30.0 Å². The minimum Gasteiger partial charge on any atom is -0.444 e. The van der Waals surface area contributed by atoms with Crippen LogP contribution in [-0.4, -0.2) is 63.4 Å². The molecule has 1 amide bonds. The molecule has 1 aliphatic heterocycles. The Hall–Kier alpha value is -2.90. The quantitative estimate of drug-likeness (QED) is 0.364. The Morgan fingerprint density at radius 2 is 1.87 bits per heavy atom. The van der Waals surface area contributed by atoms with Gasteiger partial charge in [-0.15, -0.1) is 0 Å². The monoisotopic (exact) mass is 553 g/mol. The van der Waals surface area contributed by atoms with Gasteiger partial charge in [-0.3, -0.25) is 9.89 Å². The average molecular weight is 554 g/mol. The van der Waals surface area contributed by atoms with Gasteiger partial charge in [0.25, 0.3) is 0 Å². The largest absolute Gasteiger partial charge is 0.444 e. The van der Waals surface area contributed by atoms with E-state index in [1.165, 1.54) is 11.1 Å². The summed E-state index contributed by atoms with van der Waals surface area (Å²) in [6, 6.07) is 6.08. The number of aromatic nitrogens is 2. The number of halogens is 1. The number of carbonyl (C=O) groups excluding carboxylic acids is 1. The molecule has 7 nitrogen and oxygen atoms in total. The highest BCUT2D eigenvalue weighted by Gasteiger charge is 2.34. The van der Waals surface area contributed by atoms with Crippen LogP contribution in [0.2, 0.25) is 5.02 Å². The summed E-state index contributed by atoms with van der Waals surface area (Å²) in [7, 11) is 0. The minimum absolute atomic E-state index is 0.0477. The Balaban J connectivity index is 0.00000205. The fourth-order valence-electron chi connectivity index (χ4n) is 4.87. The highest BCUT2D eigenvalue weighted by atomic mass is 35.5. The van der Waals surface area contributed by atoms with Gasteiger partial charge in [0.2, 0.25) is 0 Å². The van der Waals surface area contributed by atoms with Crippen LogP contribution in [0.15, 0.2) is 52.4 Å². The second-order valence-corrected chi connectivity index (χ2v) is 11.1. The van der Waals surface area contributed by atoms with E-state index in [4.69, 9.17) is 21.3 Å². The van der Waals surface area contributed by atoms with Crippen molar-refractivity contribution in [3.8, 4) is 0 Å². The molecule has 1 fully saturated rings. The number of hydrogen-bond donors (Lipinski definition) is 0. The lowest BCUT2D eigenvalue weighted by atomic mass is 9.96. The van der Waals surface area contributed by atoms with Crippen molar-refractivity contribution in [2.24, 2.45) is 4.99 Å². The minimum atomic E-state index is -0.509. The van der Waals surface area contributed by atoms with Crippen LogP contribution in [0, 0.1) is 6.92 Å². The van der Waals surface area contributed by atoms with Crippen LogP contribution in [0.1, 0.15) is 77.9 Å². The van der Waals surface area contributed by atoms with Gasteiger partial charge in [-0.1, -0.05) is 38.4 Å². The summed E-state index contributed by atoms with van der Waals surface area (Å²) in [5, 5.41) is 0.708. The Kier molecular flexibility index (Phi) is 10.6. The molecule has 1 unspecified atom stereocenters. The molecule has 1 atom stereocenters. The second kappa shape index (κ2) is 13.4. The molecular weight excluding hydrogens is 510 g/mol. The molecule has 4 rings (SSSR count). The van der Waals surface area contributed by atoms with Gasteiger partial charge in [0.1, 0.15) is 11.4 Å². The number of hydrogen-bond acceptors (Lipinski definition) is 5. The molecular formula is C31H44ClN5O2. The van der Waals surface area contributed by atoms with Crippen molar-refractivity contribution in [1.29, 1.82) is 0 Å². The standard InChI is InChI=1S/C29H38ClN5O2.C2H6/c1-7-10-32-26-20(2)23(19-35-12-11-31-21(35)3)17-22-18-24(30)8-9-25(22)27(26)33-13-15-34(16-14-33)28(36)37-29(4,5)6;1-2/h8-12,17-18,27H,7,13-16,19H2,1-6H3;1-2H3. The molecule has 1 aromatic heterocycles. The van der Waals surface area contributed by atoms with Gasteiger partial charge in [0.05, 0.1) is 11.7 Å². The third kappa shape index (κ3) is 7.61. The predicted octanol–water partition coefficient (Wildman–Crippen LogP) is 7.32. The van der Waals surface area contributed by atoms with E-state index in [2.05, 4.69) is 40.4 Å². The third-order valence-corrected chi connectivity index (χ3v) is 7.04. The van der Waals surface area contributed by atoms with Crippen LogP contribution in [0.25, 0.3) is 6.08 Å². The zero-order chi connectivity index (χ0) is 28.7. The van der Waals surface area contributed by atoms with Gasteiger partial charge < -0.3 is 14.2 Å². The van der Waals surface area contributed by atoms with E-state index in [1.807, 2.05) is 72.3 Å². The van der Waals surface area contributed by atoms with Gasteiger partial charge in [-0.2, -0.15) is 0 Å². The number of rotatable bonds is 5. The number of allylic oxidation sites excluding steroid dienone is 2. The number of piperazine rings is 1. The lowest BCUT2D eigenvalue weighted by Gasteiger charge is -2.40. The molecule has 1 saturated heterocycles. The molecule has 2 aliphatic rings. The molecule has 212 valence electrons. The first-order chi connectivity index (χ1) is 18.6. The maximum absolute atomic E-state index is 12.7. The molecule has 2 heterocycles. The third-order valence-electron chi connectivity index (χ3n) is 6.81. The van der Waals surface area contributed by atoms with Gasteiger partial charge in [0.15, 0.2) is 0 Å². The molecule has 0 radical (unpaired) electrons. The number of amides is 1. The van der Waals surface area contributed by atoms with Gasteiger partial charge in [0, 0.05) is 56.4 Å². The van der Waals surface area contributed by atoms with Crippen molar-refractivity contribution in [2.75, 3.05) is 26.2 Å².